The smallest absolute Gasteiger partial charge is 0.407 e. The molecule has 188 valence electrons. The summed E-state index contributed by atoms with van der Waals surface area (Å²) in [6.45, 7) is 9.46. The minimum absolute atomic E-state index is 0.163. The Bertz CT molecular complexity index is 637. The number of ether oxygens (including phenoxy) is 6. The number of carbonyl (C=O) groups excluding carboxylic acids is 2. The Morgan fingerprint density at radius 3 is 1.82 bits per heavy atom. The lowest BCUT2D eigenvalue weighted by Crippen LogP contribution is -2.34. The Kier molecular flexibility index (Phi) is 15.7. The van der Waals surface area contributed by atoms with E-state index in [0.717, 1.165) is 5.56 Å². The highest BCUT2D eigenvalue weighted by Crippen LogP contribution is 2.06. The van der Waals surface area contributed by atoms with Gasteiger partial charge < -0.3 is 39.1 Å². The third-order valence-electron chi connectivity index (χ3n) is 3.75. The molecule has 10 heteroatoms. The first kappa shape index (κ1) is 28.6. The summed E-state index contributed by atoms with van der Waals surface area (Å²) in [6, 6.07) is 9.90. The number of hydrogen-bond acceptors (Lipinski definition) is 8. The van der Waals surface area contributed by atoms with Gasteiger partial charge in [-0.2, -0.15) is 0 Å². The predicted molar refractivity (Wildman–Crippen MR) is 122 cm³/mol. The van der Waals surface area contributed by atoms with Crippen LogP contribution in [0.4, 0.5) is 9.59 Å². The van der Waals surface area contributed by atoms with Gasteiger partial charge in [0.15, 0.2) is 0 Å². The summed E-state index contributed by atoms with van der Waals surface area (Å²) in [5, 5.41) is 5.18. The summed E-state index contributed by atoms with van der Waals surface area (Å²) in [6.07, 6.45) is -0.994. The van der Waals surface area contributed by atoms with Crippen molar-refractivity contribution in [1.82, 2.24) is 10.6 Å². The number of nitrogens with one attached hydrogen (secondary N) is 2. The van der Waals surface area contributed by atoms with Crippen molar-refractivity contribution >= 4 is 12.2 Å². The van der Waals surface area contributed by atoms with Crippen molar-refractivity contribution in [1.29, 1.82) is 0 Å². The molecule has 0 aliphatic heterocycles. The van der Waals surface area contributed by atoms with E-state index in [1.807, 2.05) is 30.3 Å². The van der Waals surface area contributed by atoms with Crippen molar-refractivity contribution in [3.63, 3.8) is 0 Å². The molecule has 0 aromatic heterocycles. The molecule has 0 heterocycles. The molecule has 1 aromatic rings. The van der Waals surface area contributed by atoms with Crippen LogP contribution >= 0.6 is 0 Å². The zero-order valence-corrected chi connectivity index (χ0v) is 19.9. The van der Waals surface area contributed by atoms with Crippen LogP contribution in [0, 0.1) is 0 Å². The van der Waals surface area contributed by atoms with E-state index < -0.39 is 17.8 Å². The lowest BCUT2D eigenvalue weighted by atomic mass is 10.2. The fourth-order valence-electron chi connectivity index (χ4n) is 2.32. The van der Waals surface area contributed by atoms with Crippen molar-refractivity contribution in [3.8, 4) is 0 Å². The van der Waals surface area contributed by atoms with E-state index in [2.05, 4.69) is 10.6 Å². The van der Waals surface area contributed by atoms with Gasteiger partial charge >= 0.3 is 12.2 Å². The molecular formula is C23H38N2O8. The van der Waals surface area contributed by atoms with Crippen LogP contribution in [0.2, 0.25) is 0 Å². The van der Waals surface area contributed by atoms with Crippen LogP contribution in [-0.4, -0.2) is 83.7 Å². The lowest BCUT2D eigenvalue weighted by molar-refractivity contribution is 0.0222. The van der Waals surface area contributed by atoms with Crippen molar-refractivity contribution in [3.05, 3.63) is 35.9 Å². The fraction of sp³-hybridized carbons (Fsp3) is 0.652. The average molecular weight is 471 g/mol. The number of benzene rings is 1. The molecule has 0 unspecified atom stereocenters. The average Bonchev–Trinajstić information content (AvgIpc) is 2.76. The zero-order chi connectivity index (χ0) is 24.2. The van der Waals surface area contributed by atoms with E-state index in [4.69, 9.17) is 28.4 Å². The van der Waals surface area contributed by atoms with E-state index in [1.165, 1.54) is 0 Å². The molecule has 0 saturated heterocycles. The van der Waals surface area contributed by atoms with E-state index in [-0.39, 0.29) is 6.61 Å². The Morgan fingerprint density at radius 2 is 1.21 bits per heavy atom. The summed E-state index contributed by atoms with van der Waals surface area (Å²) in [5.74, 6) is 0. The SMILES string of the molecule is CC(C)(C)OC(=O)NCCOCCOCCNC(=O)OCCOCCOCc1ccccc1. The normalized spacial score (nSPS) is 11.1. The molecule has 33 heavy (non-hydrogen) atoms. The van der Waals surface area contributed by atoms with Crippen molar-refractivity contribution in [2.24, 2.45) is 0 Å². The third-order valence-corrected chi connectivity index (χ3v) is 3.75. The first-order chi connectivity index (χ1) is 15.9. The molecule has 0 radical (unpaired) electrons. The van der Waals surface area contributed by atoms with E-state index >= 15 is 0 Å². The standard InChI is InChI=1S/C23H38N2O8/c1-23(2,3)33-22(27)25-10-12-29-14-13-28-11-9-24-21(26)32-18-17-30-15-16-31-19-20-7-5-4-6-8-20/h4-8H,9-19H2,1-3H3,(H,24,26)(H,25,27). The lowest BCUT2D eigenvalue weighted by Gasteiger charge is -2.19. The van der Waals surface area contributed by atoms with Gasteiger partial charge in [-0.1, -0.05) is 30.3 Å². The summed E-state index contributed by atoms with van der Waals surface area (Å²) in [4.78, 5) is 23.0. The number of alkyl carbamates (subject to hydrolysis) is 2. The highest BCUT2D eigenvalue weighted by Gasteiger charge is 2.15. The second-order valence-electron chi connectivity index (χ2n) is 7.87. The maximum absolute atomic E-state index is 11.5. The molecule has 0 saturated carbocycles. The molecule has 10 nitrogen and oxygen atoms in total. The maximum atomic E-state index is 11.5. The minimum atomic E-state index is -0.523. The highest BCUT2D eigenvalue weighted by atomic mass is 16.6. The van der Waals surface area contributed by atoms with Gasteiger partial charge in [-0.3, -0.25) is 0 Å². The highest BCUT2D eigenvalue weighted by molar-refractivity contribution is 5.67. The molecule has 1 rings (SSSR count). The van der Waals surface area contributed by atoms with Gasteiger partial charge in [0.25, 0.3) is 0 Å². The number of rotatable bonds is 17. The first-order valence-corrected chi connectivity index (χ1v) is 11.1. The van der Waals surface area contributed by atoms with Crippen LogP contribution in [0.5, 0.6) is 0 Å². The van der Waals surface area contributed by atoms with Gasteiger partial charge in [0.1, 0.15) is 12.2 Å². The minimum Gasteiger partial charge on any atom is -0.447 e. The Hall–Kier alpha value is -2.40. The van der Waals surface area contributed by atoms with Gasteiger partial charge in [-0.25, -0.2) is 9.59 Å². The monoisotopic (exact) mass is 470 g/mol. The molecule has 0 aliphatic rings. The van der Waals surface area contributed by atoms with Crippen LogP contribution in [0.25, 0.3) is 0 Å². The molecule has 0 atom stereocenters. The van der Waals surface area contributed by atoms with Crippen LogP contribution in [0.1, 0.15) is 26.3 Å². The molecule has 0 spiro atoms. The largest absolute Gasteiger partial charge is 0.447 e. The number of carbonyl (C=O) groups is 2. The summed E-state index contributed by atoms with van der Waals surface area (Å²) in [7, 11) is 0. The Morgan fingerprint density at radius 1 is 0.697 bits per heavy atom. The van der Waals surface area contributed by atoms with Crippen LogP contribution in [0.3, 0.4) is 0 Å². The van der Waals surface area contributed by atoms with Gasteiger partial charge in [-0.15, -0.1) is 0 Å². The molecule has 2 N–H and O–H groups in total. The van der Waals surface area contributed by atoms with Crippen LogP contribution in [-0.2, 0) is 35.0 Å². The molecule has 0 fully saturated rings. The second-order valence-corrected chi connectivity index (χ2v) is 7.87. The zero-order valence-electron chi connectivity index (χ0n) is 19.9. The fourth-order valence-corrected chi connectivity index (χ4v) is 2.32. The van der Waals surface area contributed by atoms with Gasteiger partial charge in [0.2, 0.25) is 0 Å². The number of amides is 2. The quantitative estimate of drug-likeness (QED) is 0.334. The van der Waals surface area contributed by atoms with Crippen LogP contribution in [0.15, 0.2) is 30.3 Å². The summed E-state index contributed by atoms with van der Waals surface area (Å²) in [5.41, 5.74) is 0.590. The van der Waals surface area contributed by atoms with Gasteiger partial charge in [0.05, 0.1) is 52.9 Å². The molecule has 0 aliphatic carbocycles. The molecule has 1 aromatic carbocycles. The van der Waals surface area contributed by atoms with Crippen molar-refractivity contribution < 1.29 is 38.0 Å². The van der Waals surface area contributed by atoms with E-state index in [0.29, 0.717) is 65.9 Å². The maximum Gasteiger partial charge on any atom is 0.407 e. The number of hydrogen-bond donors (Lipinski definition) is 2. The molecule has 2 amide bonds. The first-order valence-electron chi connectivity index (χ1n) is 11.1. The van der Waals surface area contributed by atoms with Crippen LogP contribution < -0.4 is 10.6 Å². The van der Waals surface area contributed by atoms with E-state index in [1.54, 1.807) is 20.8 Å². The van der Waals surface area contributed by atoms with Gasteiger partial charge in [-0.05, 0) is 26.3 Å². The topological polar surface area (TPSA) is 114 Å². The Labute approximate surface area is 196 Å². The molecular weight excluding hydrogens is 432 g/mol. The van der Waals surface area contributed by atoms with Gasteiger partial charge in [0, 0.05) is 13.1 Å². The van der Waals surface area contributed by atoms with Crippen molar-refractivity contribution in [2.45, 2.75) is 33.0 Å². The third kappa shape index (κ3) is 18.8. The molecule has 0 bridgehead atoms. The van der Waals surface area contributed by atoms with E-state index in [9.17, 15) is 9.59 Å². The predicted octanol–water partition coefficient (Wildman–Crippen LogP) is 2.50. The summed E-state index contributed by atoms with van der Waals surface area (Å²) >= 11 is 0. The van der Waals surface area contributed by atoms with Crippen molar-refractivity contribution in [2.75, 3.05) is 65.9 Å². The second kappa shape index (κ2) is 18.1. The summed E-state index contributed by atoms with van der Waals surface area (Å²) < 4.78 is 31.6. The Balaban J connectivity index is 1.79.